The number of nitrogens with two attached hydrogens (primary N) is 1. The Bertz CT molecular complexity index is 341. The molecule has 0 bridgehead atoms. The molecular formula is C10H11BrClNO. The van der Waals surface area contributed by atoms with E-state index in [0.29, 0.717) is 23.6 Å². The van der Waals surface area contributed by atoms with Crippen LogP contribution in [0.2, 0.25) is 0 Å². The van der Waals surface area contributed by atoms with Gasteiger partial charge in [-0.25, -0.2) is 0 Å². The van der Waals surface area contributed by atoms with Gasteiger partial charge in [-0.3, -0.25) is 4.79 Å². The van der Waals surface area contributed by atoms with Crippen LogP contribution in [0.1, 0.15) is 22.3 Å². The zero-order chi connectivity index (χ0) is 10.6. The van der Waals surface area contributed by atoms with Gasteiger partial charge in [-0.1, -0.05) is 22.0 Å². The molecule has 0 aromatic heterocycles. The number of ketones is 1. The quantitative estimate of drug-likeness (QED) is 0.522. The van der Waals surface area contributed by atoms with Gasteiger partial charge in [-0.2, -0.15) is 0 Å². The zero-order valence-electron chi connectivity index (χ0n) is 7.59. The fourth-order valence-corrected chi connectivity index (χ4v) is 1.69. The van der Waals surface area contributed by atoms with E-state index in [9.17, 15) is 4.79 Å². The third kappa shape index (κ3) is 2.72. The average Bonchev–Trinajstić information content (AvgIpc) is 2.17. The van der Waals surface area contributed by atoms with Crippen LogP contribution in [0.3, 0.4) is 0 Å². The summed E-state index contributed by atoms with van der Waals surface area (Å²) in [6, 6.07) is 5.43. The van der Waals surface area contributed by atoms with E-state index < -0.39 is 0 Å². The number of hydrogen-bond donors (Lipinski definition) is 1. The molecule has 0 saturated heterocycles. The topological polar surface area (TPSA) is 43.1 Å². The Morgan fingerprint density at radius 1 is 1.50 bits per heavy atom. The van der Waals surface area contributed by atoms with Gasteiger partial charge in [0.1, 0.15) is 0 Å². The highest BCUT2D eigenvalue weighted by molar-refractivity contribution is 9.08. The lowest BCUT2D eigenvalue weighted by Gasteiger charge is -2.05. The fourth-order valence-electron chi connectivity index (χ4n) is 1.17. The molecule has 0 fully saturated rings. The van der Waals surface area contributed by atoms with E-state index in [2.05, 4.69) is 15.9 Å². The summed E-state index contributed by atoms with van der Waals surface area (Å²) in [6.45, 7) is 0. The van der Waals surface area contributed by atoms with Gasteiger partial charge in [0, 0.05) is 28.9 Å². The van der Waals surface area contributed by atoms with Crippen molar-refractivity contribution in [1.82, 2.24) is 0 Å². The summed E-state index contributed by atoms with van der Waals surface area (Å²) < 4.78 is 0. The number of anilines is 1. The molecule has 76 valence electrons. The molecule has 0 spiro atoms. The van der Waals surface area contributed by atoms with Gasteiger partial charge in [0.05, 0.1) is 0 Å². The van der Waals surface area contributed by atoms with Crippen LogP contribution in [-0.4, -0.2) is 11.7 Å². The number of carbonyl (C=O) groups is 1. The lowest BCUT2D eigenvalue weighted by Crippen LogP contribution is -2.04. The van der Waals surface area contributed by atoms with Crippen molar-refractivity contribution in [2.75, 3.05) is 11.6 Å². The lowest BCUT2D eigenvalue weighted by atomic mass is 10.0. The van der Waals surface area contributed by atoms with Crippen LogP contribution in [0, 0.1) is 0 Å². The van der Waals surface area contributed by atoms with Crippen molar-refractivity contribution in [1.29, 1.82) is 0 Å². The largest absolute Gasteiger partial charge is 0.398 e. The number of benzene rings is 1. The Labute approximate surface area is 96.6 Å². The van der Waals surface area contributed by atoms with Gasteiger partial charge < -0.3 is 5.73 Å². The summed E-state index contributed by atoms with van der Waals surface area (Å²) in [5.41, 5.74) is 7.89. The first-order valence-corrected chi connectivity index (χ1v) is 5.88. The van der Waals surface area contributed by atoms with Crippen molar-refractivity contribution in [2.24, 2.45) is 0 Å². The fraction of sp³-hybridized carbons (Fsp3) is 0.300. The molecule has 2 nitrogen and oxygen atoms in total. The van der Waals surface area contributed by atoms with Gasteiger partial charge in [0.25, 0.3) is 0 Å². The second-order valence-corrected chi connectivity index (χ2v) is 3.86. The Kier molecular flexibility index (Phi) is 4.42. The minimum absolute atomic E-state index is 0.00128. The predicted octanol–water partition coefficient (Wildman–Crippen LogP) is 2.98. The van der Waals surface area contributed by atoms with Crippen LogP contribution in [0.4, 0.5) is 5.69 Å². The second kappa shape index (κ2) is 5.37. The van der Waals surface area contributed by atoms with E-state index >= 15 is 0 Å². The Morgan fingerprint density at radius 2 is 2.21 bits per heavy atom. The first-order valence-electron chi connectivity index (χ1n) is 4.22. The van der Waals surface area contributed by atoms with Crippen molar-refractivity contribution >= 4 is 39.0 Å². The Hall–Kier alpha value is -0.540. The Balaban J connectivity index is 2.94. The maximum atomic E-state index is 11.5. The minimum atomic E-state index is -0.00128. The summed E-state index contributed by atoms with van der Waals surface area (Å²) in [4.78, 5) is 11.5. The third-order valence-electron chi connectivity index (χ3n) is 1.89. The van der Waals surface area contributed by atoms with Crippen molar-refractivity contribution in [3.05, 3.63) is 29.3 Å². The molecule has 0 aliphatic carbocycles. The molecule has 0 amide bonds. The van der Waals surface area contributed by atoms with Gasteiger partial charge in [-0.15, -0.1) is 11.6 Å². The SMILES string of the molecule is Nc1cc(CBr)ccc1C(=O)CCCl. The average molecular weight is 277 g/mol. The second-order valence-electron chi connectivity index (χ2n) is 2.92. The molecule has 1 aromatic carbocycles. The number of hydrogen-bond acceptors (Lipinski definition) is 2. The van der Waals surface area contributed by atoms with Gasteiger partial charge in [-0.05, 0) is 17.7 Å². The summed E-state index contributed by atoms with van der Waals surface area (Å²) in [5.74, 6) is 0.331. The van der Waals surface area contributed by atoms with Crippen LogP contribution < -0.4 is 5.73 Å². The molecule has 0 heterocycles. The first-order chi connectivity index (χ1) is 6.69. The van der Waals surface area contributed by atoms with Crippen LogP contribution in [0.5, 0.6) is 0 Å². The van der Waals surface area contributed by atoms with Crippen molar-refractivity contribution in [3.8, 4) is 0 Å². The van der Waals surface area contributed by atoms with E-state index in [-0.39, 0.29) is 5.78 Å². The zero-order valence-corrected chi connectivity index (χ0v) is 9.94. The number of carbonyl (C=O) groups excluding carboxylic acids is 1. The first kappa shape index (κ1) is 11.5. The molecule has 4 heteroatoms. The van der Waals surface area contributed by atoms with E-state index in [1.165, 1.54) is 0 Å². The van der Waals surface area contributed by atoms with Crippen LogP contribution in [0.15, 0.2) is 18.2 Å². The van der Waals surface area contributed by atoms with Crippen molar-refractivity contribution < 1.29 is 4.79 Å². The maximum Gasteiger partial charge on any atom is 0.166 e. The molecule has 1 rings (SSSR count). The highest BCUT2D eigenvalue weighted by atomic mass is 79.9. The van der Waals surface area contributed by atoms with E-state index in [4.69, 9.17) is 17.3 Å². The van der Waals surface area contributed by atoms with Crippen LogP contribution in [0.25, 0.3) is 0 Å². The number of rotatable bonds is 4. The molecule has 2 N–H and O–H groups in total. The molecule has 0 saturated carbocycles. The molecule has 0 aliphatic heterocycles. The number of nitrogen functional groups attached to an aromatic ring is 1. The number of Topliss-reactive ketones (excluding diaryl/α,β-unsaturated/α-hetero) is 1. The predicted molar refractivity (Wildman–Crippen MR) is 63.2 cm³/mol. The van der Waals surface area contributed by atoms with E-state index in [1.54, 1.807) is 12.1 Å². The minimum Gasteiger partial charge on any atom is -0.398 e. The highest BCUT2D eigenvalue weighted by Gasteiger charge is 2.08. The summed E-state index contributed by atoms with van der Waals surface area (Å²) in [6.07, 6.45) is 0.333. The van der Waals surface area contributed by atoms with Crippen molar-refractivity contribution in [3.63, 3.8) is 0 Å². The smallest absolute Gasteiger partial charge is 0.166 e. The van der Waals surface area contributed by atoms with Gasteiger partial charge in [0.15, 0.2) is 5.78 Å². The number of alkyl halides is 2. The highest BCUT2D eigenvalue weighted by Crippen LogP contribution is 2.18. The maximum absolute atomic E-state index is 11.5. The van der Waals surface area contributed by atoms with Gasteiger partial charge >= 0.3 is 0 Å². The van der Waals surface area contributed by atoms with Crippen LogP contribution >= 0.6 is 27.5 Å². The summed E-state index contributed by atoms with van der Waals surface area (Å²) in [7, 11) is 0. The molecule has 0 aliphatic rings. The van der Waals surface area contributed by atoms with Crippen LogP contribution in [-0.2, 0) is 5.33 Å². The number of halogens is 2. The summed E-state index contributed by atoms with van der Waals surface area (Å²) >= 11 is 8.81. The molecule has 0 unspecified atom stereocenters. The monoisotopic (exact) mass is 275 g/mol. The molecular weight excluding hydrogens is 265 g/mol. The summed E-state index contributed by atoms with van der Waals surface area (Å²) in [5, 5.41) is 0.737. The third-order valence-corrected chi connectivity index (χ3v) is 2.73. The van der Waals surface area contributed by atoms with Gasteiger partial charge in [0.2, 0.25) is 0 Å². The molecule has 0 atom stereocenters. The molecule has 1 aromatic rings. The standard InChI is InChI=1S/C10H11BrClNO/c11-6-7-1-2-8(9(13)5-7)10(14)3-4-12/h1-2,5H,3-4,6,13H2. The van der Waals surface area contributed by atoms with Crippen molar-refractivity contribution in [2.45, 2.75) is 11.8 Å². The molecule has 14 heavy (non-hydrogen) atoms. The Morgan fingerprint density at radius 3 is 2.71 bits per heavy atom. The lowest BCUT2D eigenvalue weighted by molar-refractivity contribution is 0.0990. The molecule has 0 radical (unpaired) electrons. The van der Waals surface area contributed by atoms with E-state index in [1.807, 2.05) is 6.07 Å². The normalized spacial score (nSPS) is 10.1. The van der Waals surface area contributed by atoms with E-state index in [0.717, 1.165) is 10.9 Å².